The molecule has 1 fully saturated rings. The highest BCUT2D eigenvalue weighted by Gasteiger charge is 2.42. The minimum absolute atomic E-state index is 0.0673. The molecule has 12 heteroatoms. The van der Waals surface area contributed by atoms with Crippen LogP contribution >= 0.6 is 22.9 Å². The lowest BCUT2D eigenvalue weighted by molar-refractivity contribution is -0.128. The Morgan fingerprint density at radius 3 is 2.79 bits per heavy atom. The van der Waals surface area contributed by atoms with Gasteiger partial charge in [0.2, 0.25) is 5.91 Å². The number of nitrogen functional groups attached to an aromatic ring is 1. The summed E-state index contributed by atoms with van der Waals surface area (Å²) >= 11 is 7.65. The van der Waals surface area contributed by atoms with Crippen molar-refractivity contribution in [3.05, 3.63) is 59.2 Å². The van der Waals surface area contributed by atoms with Crippen LogP contribution in [0.15, 0.2) is 30.9 Å². The highest BCUT2D eigenvalue weighted by Crippen LogP contribution is 2.50. The van der Waals surface area contributed by atoms with Gasteiger partial charge in [0.05, 0.1) is 27.6 Å². The van der Waals surface area contributed by atoms with Crippen LogP contribution in [0.3, 0.4) is 0 Å². The third kappa shape index (κ3) is 3.48. The zero-order valence-corrected chi connectivity index (χ0v) is 21.5. The van der Waals surface area contributed by atoms with Crippen LogP contribution in [0.5, 0.6) is 0 Å². The van der Waals surface area contributed by atoms with Gasteiger partial charge in [-0.3, -0.25) is 9.59 Å². The van der Waals surface area contributed by atoms with E-state index in [1.807, 2.05) is 6.07 Å². The van der Waals surface area contributed by atoms with Gasteiger partial charge in [-0.15, -0.1) is 11.3 Å². The first-order valence-corrected chi connectivity index (χ1v) is 13.2. The van der Waals surface area contributed by atoms with Crippen LogP contribution in [0.4, 0.5) is 19.5 Å². The molecule has 4 heterocycles. The van der Waals surface area contributed by atoms with Crippen LogP contribution in [0.2, 0.25) is 0 Å². The van der Waals surface area contributed by atoms with Crippen molar-refractivity contribution in [2.24, 2.45) is 0 Å². The van der Waals surface area contributed by atoms with Gasteiger partial charge in [-0.05, 0) is 30.2 Å². The Labute approximate surface area is 225 Å². The van der Waals surface area contributed by atoms with Crippen LogP contribution in [-0.2, 0) is 4.79 Å². The van der Waals surface area contributed by atoms with Crippen LogP contribution in [0.1, 0.15) is 33.4 Å². The first-order valence-electron chi connectivity index (χ1n) is 11.9. The number of nitrogens with one attached hydrogen (secondary N) is 1. The van der Waals surface area contributed by atoms with Crippen molar-refractivity contribution < 1.29 is 18.4 Å². The second-order valence-corrected chi connectivity index (χ2v) is 10.9. The van der Waals surface area contributed by atoms with E-state index in [2.05, 4.69) is 12.0 Å². The number of carbonyl (C=O) groups excluding carboxylic acids is 2. The fourth-order valence-corrected chi connectivity index (χ4v) is 7.00. The Bertz CT molecular complexity index is 1600. The summed E-state index contributed by atoms with van der Waals surface area (Å²) < 4.78 is 30.9. The second kappa shape index (κ2) is 8.94. The molecule has 3 aliphatic rings. The molecule has 0 saturated carbocycles. The van der Waals surface area contributed by atoms with Gasteiger partial charge < -0.3 is 20.5 Å². The number of rotatable bonds is 2. The smallest absolute Gasteiger partial charge is 0.256 e. The number of anilines is 2. The molecule has 0 spiro atoms. The van der Waals surface area contributed by atoms with Gasteiger partial charge in [-0.2, -0.15) is 5.26 Å². The van der Waals surface area contributed by atoms with E-state index in [0.717, 1.165) is 11.3 Å². The fourth-order valence-electron chi connectivity index (χ4n) is 5.72. The maximum absolute atomic E-state index is 16.1. The van der Waals surface area contributed by atoms with Crippen molar-refractivity contribution in [2.75, 3.05) is 36.9 Å². The Balaban J connectivity index is 1.53. The lowest BCUT2D eigenvalue weighted by Gasteiger charge is -2.43. The average Bonchev–Trinajstić information content (AvgIpc) is 3.42. The molecule has 1 aromatic heterocycles. The molecule has 2 aromatic carbocycles. The molecule has 3 aromatic rings. The molecule has 8 nitrogen and oxygen atoms in total. The molecule has 0 aliphatic carbocycles. The van der Waals surface area contributed by atoms with Crippen LogP contribution in [-0.4, -0.2) is 53.8 Å². The number of carbonyl (C=O) groups is 2. The molecule has 3 N–H and O–H groups in total. The van der Waals surface area contributed by atoms with Gasteiger partial charge in [0.1, 0.15) is 28.2 Å². The first kappa shape index (κ1) is 24.6. The molecule has 1 saturated heterocycles. The van der Waals surface area contributed by atoms with E-state index in [9.17, 15) is 19.2 Å². The molecule has 38 heavy (non-hydrogen) atoms. The number of fused-ring (bicyclic) bond motifs is 2. The largest absolute Gasteiger partial charge is 0.389 e. The zero-order valence-electron chi connectivity index (χ0n) is 19.9. The van der Waals surface area contributed by atoms with Crippen molar-refractivity contribution in [1.82, 2.24) is 15.2 Å². The van der Waals surface area contributed by atoms with E-state index in [4.69, 9.17) is 17.3 Å². The van der Waals surface area contributed by atoms with Gasteiger partial charge >= 0.3 is 0 Å². The summed E-state index contributed by atoms with van der Waals surface area (Å²) in [6, 6.07) is 5.55. The summed E-state index contributed by atoms with van der Waals surface area (Å²) in [7, 11) is 0. The standard InChI is InChI=1S/C26H21ClF2N6O2S/c1-2-18(36)33-7-8-34-12(11-33)5-6-35-22-14(26(34)37)9-17(29)20(21(22)24(27)32-35)13-3-4-16(28)23-19(13)15(10-30)25(31)38-23/h2-4,9,12,24,32H,1,5-8,11,31H2. The van der Waals surface area contributed by atoms with Gasteiger partial charge in [-0.25, -0.2) is 14.2 Å². The number of nitrogens with zero attached hydrogens (tertiary/aromatic N) is 4. The minimum Gasteiger partial charge on any atom is -0.389 e. The predicted octanol–water partition coefficient (Wildman–Crippen LogP) is 4.11. The molecule has 3 aliphatic heterocycles. The number of halogens is 3. The number of amides is 2. The van der Waals surface area contributed by atoms with E-state index in [0.29, 0.717) is 43.9 Å². The Hall–Kier alpha value is -3.72. The number of nitrogens with two attached hydrogens (primary N) is 1. The molecule has 2 amide bonds. The third-order valence-electron chi connectivity index (χ3n) is 7.43. The molecule has 0 bridgehead atoms. The third-order valence-corrected chi connectivity index (χ3v) is 8.77. The maximum Gasteiger partial charge on any atom is 0.256 e. The summed E-state index contributed by atoms with van der Waals surface area (Å²) in [5.41, 5.74) is 9.61. The van der Waals surface area contributed by atoms with Crippen LogP contribution in [0, 0.1) is 23.0 Å². The summed E-state index contributed by atoms with van der Waals surface area (Å²) in [6.45, 7) is 4.98. The lowest BCUT2D eigenvalue weighted by Crippen LogP contribution is -2.58. The number of hydrogen-bond acceptors (Lipinski definition) is 7. The number of hydrazine groups is 1. The second-order valence-electron chi connectivity index (χ2n) is 9.37. The molecular weight excluding hydrogens is 534 g/mol. The van der Waals surface area contributed by atoms with Crippen molar-refractivity contribution in [1.29, 1.82) is 5.26 Å². The Kier molecular flexibility index (Phi) is 5.79. The molecule has 0 radical (unpaired) electrons. The fraction of sp³-hybridized carbons (Fsp3) is 0.269. The van der Waals surface area contributed by atoms with Gasteiger partial charge in [0.15, 0.2) is 0 Å². The Morgan fingerprint density at radius 2 is 2.05 bits per heavy atom. The summed E-state index contributed by atoms with van der Waals surface area (Å²) in [6.07, 6.45) is 1.79. The maximum atomic E-state index is 16.1. The number of hydrogen-bond donors (Lipinski definition) is 2. The summed E-state index contributed by atoms with van der Waals surface area (Å²) in [4.78, 5) is 29.3. The van der Waals surface area contributed by atoms with E-state index < -0.39 is 17.1 Å². The van der Waals surface area contributed by atoms with Gasteiger partial charge in [0.25, 0.3) is 5.91 Å². The monoisotopic (exact) mass is 554 g/mol. The summed E-state index contributed by atoms with van der Waals surface area (Å²) in [5, 5.41) is 11.8. The SMILES string of the molecule is C=CC(=O)N1CCN2C(=O)c3cc(F)c(-c4ccc(F)c5sc(N)c(C#N)c45)c4c3N(CCC2C1)NC4Cl. The number of alkyl halides is 1. The van der Waals surface area contributed by atoms with Crippen molar-refractivity contribution in [3.63, 3.8) is 0 Å². The highest BCUT2D eigenvalue weighted by molar-refractivity contribution is 7.23. The van der Waals surface area contributed by atoms with Crippen molar-refractivity contribution in [2.45, 2.75) is 18.0 Å². The summed E-state index contributed by atoms with van der Waals surface area (Å²) in [5.74, 6) is -1.85. The Morgan fingerprint density at radius 1 is 1.26 bits per heavy atom. The number of piperazine rings is 1. The van der Waals surface area contributed by atoms with Gasteiger partial charge in [-0.1, -0.05) is 24.2 Å². The van der Waals surface area contributed by atoms with Crippen LogP contribution < -0.4 is 16.2 Å². The van der Waals surface area contributed by atoms with E-state index in [1.54, 1.807) is 14.8 Å². The normalized spacial score (nSPS) is 20.6. The molecule has 194 valence electrons. The number of benzene rings is 2. The zero-order chi connectivity index (χ0) is 26.9. The van der Waals surface area contributed by atoms with Crippen molar-refractivity contribution >= 4 is 55.5 Å². The average molecular weight is 555 g/mol. The van der Waals surface area contributed by atoms with Gasteiger partial charge in [0, 0.05) is 42.7 Å². The van der Waals surface area contributed by atoms with Crippen molar-refractivity contribution in [3.8, 4) is 17.2 Å². The highest BCUT2D eigenvalue weighted by atomic mass is 35.5. The molecule has 2 unspecified atom stereocenters. The molecular formula is C26H21ClF2N6O2S. The van der Waals surface area contributed by atoms with E-state index in [1.165, 1.54) is 24.3 Å². The van der Waals surface area contributed by atoms with E-state index in [-0.39, 0.29) is 55.2 Å². The van der Waals surface area contributed by atoms with Crippen LogP contribution in [0.25, 0.3) is 21.2 Å². The minimum atomic E-state index is -0.891. The number of nitriles is 1. The molecule has 6 rings (SSSR count). The first-order chi connectivity index (χ1) is 18.2. The molecule has 2 atom stereocenters. The van der Waals surface area contributed by atoms with E-state index >= 15 is 4.39 Å². The lowest BCUT2D eigenvalue weighted by atomic mass is 9.90. The quantitative estimate of drug-likeness (QED) is 0.281. The topological polar surface area (TPSA) is 106 Å². The number of thiophene rings is 1. The predicted molar refractivity (Wildman–Crippen MR) is 142 cm³/mol.